The van der Waals surface area contributed by atoms with Crippen LogP contribution < -0.4 is 0 Å². The van der Waals surface area contributed by atoms with Crippen molar-refractivity contribution in [1.82, 2.24) is 0 Å². The highest BCUT2D eigenvalue weighted by molar-refractivity contribution is 5.71. The molecule has 0 radical (unpaired) electrons. The summed E-state index contributed by atoms with van der Waals surface area (Å²) >= 11 is 0. The third kappa shape index (κ3) is 62.0. The fourth-order valence-electron chi connectivity index (χ4n) is 8.18. The molecule has 6 heteroatoms. The van der Waals surface area contributed by atoms with Crippen molar-refractivity contribution in [2.45, 2.75) is 271 Å². The first-order valence-electron chi connectivity index (χ1n) is 31.3. The van der Waals surface area contributed by atoms with Crippen LogP contribution in [0.4, 0.5) is 0 Å². The van der Waals surface area contributed by atoms with Crippen molar-refractivity contribution in [3.8, 4) is 0 Å². The summed E-state index contributed by atoms with van der Waals surface area (Å²) in [6, 6.07) is 0. The number of rotatable bonds is 55. The predicted molar refractivity (Wildman–Crippen MR) is 334 cm³/mol. The lowest BCUT2D eigenvalue weighted by Crippen LogP contribution is -2.30. The quantitative estimate of drug-likeness (QED) is 0.0261. The molecule has 0 saturated heterocycles. The van der Waals surface area contributed by atoms with E-state index in [9.17, 15) is 14.4 Å². The molecule has 0 saturated carbocycles. The van der Waals surface area contributed by atoms with E-state index in [0.29, 0.717) is 19.3 Å². The second kappa shape index (κ2) is 63.8. The minimum atomic E-state index is -0.815. The first kappa shape index (κ1) is 72.3. The van der Waals surface area contributed by atoms with Crippen LogP contribution in [0, 0.1) is 0 Å². The molecule has 0 aliphatic rings. The van der Waals surface area contributed by atoms with Crippen LogP contribution in [-0.4, -0.2) is 37.2 Å². The molecule has 1 unspecified atom stereocenters. The van der Waals surface area contributed by atoms with Crippen molar-refractivity contribution in [3.05, 3.63) is 146 Å². The number of hydrogen-bond acceptors (Lipinski definition) is 6. The molecule has 0 aromatic rings. The standard InChI is InChI=1S/C71H114O6/c1-4-7-10-13-16-19-22-25-27-29-31-33-35-37-39-41-43-46-49-52-55-58-61-64-70(73)76-67-68(66-75-69(72)63-60-57-54-51-48-45-24-21-18-15-12-9-6-3)77-71(74)65-62-59-56-53-50-47-44-42-40-38-36-34-32-30-28-26-23-20-17-14-11-8-5-2/h7-8,10-11,16-17,19-21,24-28,31-34,37,39,43,46,52,55,68H,4-6,9,12-15,18,22-23,29-30,35-36,38,40-42,44-45,47-51,53-54,56-67H2,1-3H3/b10-7-,11-8-,19-16-,20-17-,24-21-,27-25-,28-26-,33-31-,34-32-,39-37-,46-43-,55-52-. The number of carbonyl (C=O) groups is 3. The summed E-state index contributed by atoms with van der Waals surface area (Å²) in [6.07, 6.45) is 91.4. The maximum absolute atomic E-state index is 12.9. The maximum atomic E-state index is 12.9. The second-order valence-electron chi connectivity index (χ2n) is 20.2. The van der Waals surface area contributed by atoms with Gasteiger partial charge in [0.05, 0.1) is 0 Å². The van der Waals surface area contributed by atoms with E-state index in [1.165, 1.54) is 89.9 Å². The Kier molecular flexibility index (Phi) is 59.9. The van der Waals surface area contributed by atoms with Gasteiger partial charge in [0.25, 0.3) is 0 Å². The van der Waals surface area contributed by atoms with E-state index >= 15 is 0 Å². The molecule has 0 rings (SSSR count). The van der Waals surface area contributed by atoms with Crippen LogP contribution in [0.2, 0.25) is 0 Å². The van der Waals surface area contributed by atoms with Gasteiger partial charge >= 0.3 is 17.9 Å². The number of allylic oxidation sites excluding steroid dienone is 24. The van der Waals surface area contributed by atoms with Crippen LogP contribution in [-0.2, 0) is 28.6 Å². The second-order valence-corrected chi connectivity index (χ2v) is 20.2. The van der Waals surface area contributed by atoms with E-state index in [-0.39, 0.29) is 37.5 Å². The van der Waals surface area contributed by atoms with Crippen molar-refractivity contribution in [2.75, 3.05) is 13.2 Å². The molecule has 1 atom stereocenters. The summed E-state index contributed by atoms with van der Waals surface area (Å²) in [4.78, 5) is 38.3. The first-order chi connectivity index (χ1) is 38.0. The number of unbranched alkanes of at least 4 members (excludes halogenated alkanes) is 20. The summed E-state index contributed by atoms with van der Waals surface area (Å²) in [5.41, 5.74) is 0. The van der Waals surface area contributed by atoms with Gasteiger partial charge in [-0.1, -0.05) is 256 Å². The third-order valence-corrected chi connectivity index (χ3v) is 12.8. The average molecular weight is 1060 g/mol. The zero-order valence-electron chi connectivity index (χ0n) is 49.7. The lowest BCUT2D eigenvalue weighted by molar-refractivity contribution is -0.167. The molecule has 6 nitrogen and oxygen atoms in total. The third-order valence-electron chi connectivity index (χ3n) is 12.8. The molecule has 0 N–H and O–H groups in total. The zero-order valence-corrected chi connectivity index (χ0v) is 49.7. The van der Waals surface area contributed by atoms with E-state index < -0.39 is 6.10 Å². The van der Waals surface area contributed by atoms with Crippen molar-refractivity contribution in [3.63, 3.8) is 0 Å². The first-order valence-corrected chi connectivity index (χ1v) is 31.3. The van der Waals surface area contributed by atoms with Crippen molar-refractivity contribution < 1.29 is 28.6 Å². The summed E-state index contributed by atoms with van der Waals surface area (Å²) in [5.74, 6) is -0.983. The van der Waals surface area contributed by atoms with E-state index in [1.54, 1.807) is 0 Å². The minimum Gasteiger partial charge on any atom is -0.462 e. The Hall–Kier alpha value is -4.71. The van der Waals surface area contributed by atoms with E-state index in [4.69, 9.17) is 14.2 Å². The lowest BCUT2D eigenvalue weighted by Gasteiger charge is -2.18. The SMILES string of the molecule is CC/C=C\C/C=C\C/C=C\C/C=C\C/C=C\C/C=C\C/C=C\CCCC(=O)OCC(COC(=O)CCCCCCC/C=C\CCCCCC)OC(=O)CCCCCCCCCCCC/C=C\C/C=C\C/C=C\C/C=C\CC. The predicted octanol–water partition coefficient (Wildman–Crippen LogP) is 21.5. The highest BCUT2D eigenvalue weighted by atomic mass is 16.6. The largest absolute Gasteiger partial charge is 0.462 e. The Morgan fingerprint density at radius 1 is 0.273 bits per heavy atom. The summed E-state index contributed by atoms with van der Waals surface area (Å²) in [6.45, 7) is 6.34. The molecule has 0 bridgehead atoms. The zero-order chi connectivity index (χ0) is 55.7. The molecule has 0 aromatic heterocycles. The van der Waals surface area contributed by atoms with Gasteiger partial charge in [0.15, 0.2) is 6.10 Å². The average Bonchev–Trinajstić information content (AvgIpc) is 3.43. The van der Waals surface area contributed by atoms with Crippen molar-refractivity contribution >= 4 is 17.9 Å². The molecule has 434 valence electrons. The number of hydrogen-bond donors (Lipinski definition) is 0. The summed E-state index contributed by atoms with van der Waals surface area (Å²) < 4.78 is 16.9. The Morgan fingerprint density at radius 3 is 0.857 bits per heavy atom. The van der Waals surface area contributed by atoms with Crippen LogP contribution >= 0.6 is 0 Å². The monoisotopic (exact) mass is 1060 g/mol. The van der Waals surface area contributed by atoms with E-state index in [2.05, 4.69) is 167 Å². The van der Waals surface area contributed by atoms with Gasteiger partial charge in [-0.15, -0.1) is 0 Å². The number of esters is 3. The minimum absolute atomic E-state index is 0.107. The molecule has 0 aliphatic carbocycles. The fourth-order valence-corrected chi connectivity index (χ4v) is 8.18. The van der Waals surface area contributed by atoms with E-state index in [0.717, 1.165) is 128 Å². The van der Waals surface area contributed by atoms with Gasteiger partial charge in [-0.2, -0.15) is 0 Å². The van der Waals surface area contributed by atoms with Gasteiger partial charge in [-0.3, -0.25) is 14.4 Å². The Labute approximate surface area is 474 Å². The Bertz CT molecular complexity index is 1700. The molecule has 77 heavy (non-hydrogen) atoms. The molecule has 0 aromatic carbocycles. The van der Waals surface area contributed by atoms with Crippen LogP contribution in [0.5, 0.6) is 0 Å². The fraction of sp³-hybridized carbons (Fsp3) is 0.620. The number of ether oxygens (including phenoxy) is 3. The molecular weight excluding hydrogens is 949 g/mol. The maximum Gasteiger partial charge on any atom is 0.306 e. The lowest BCUT2D eigenvalue weighted by atomic mass is 10.0. The van der Waals surface area contributed by atoms with Crippen LogP contribution in [0.25, 0.3) is 0 Å². The van der Waals surface area contributed by atoms with Gasteiger partial charge in [-0.25, -0.2) is 0 Å². The van der Waals surface area contributed by atoms with Crippen LogP contribution in [0.1, 0.15) is 265 Å². The van der Waals surface area contributed by atoms with Gasteiger partial charge < -0.3 is 14.2 Å². The van der Waals surface area contributed by atoms with Gasteiger partial charge in [0, 0.05) is 19.3 Å². The van der Waals surface area contributed by atoms with Crippen molar-refractivity contribution in [1.29, 1.82) is 0 Å². The Morgan fingerprint density at radius 2 is 0.519 bits per heavy atom. The highest BCUT2D eigenvalue weighted by Crippen LogP contribution is 2.15. The van der Waals surface area contributed by atoms with Crippen LogP contribution in [0.15, 0.2) is 146 Å². The summed E-state index contributed by atoms with van der Waals surface area (Å²) in [5, 5.41) is 0. The summed E-state index contributed by atoms with van der Waals surface area (Å²) in [7, 11) is 0. The Balaban J connectivity index is 4.47. The van der Waals surface area contributed by atoms with Crippen molar-refractivity contribution in [2.24, 2.45) is 0 Å². The smallest absolute Gasteiger partial charge is 0.306 e. The molecular formula is C71H114O6. The molecule has 0 amide bonds. The molecule has 0 aliphatic heterocycles. The van der Waals surface area contributed by atoms with E-state index in [1.807, 2.05) is 0 Å². The van der Waals surface area contributed by atoms with Gasteiger partial charge in [0.2, 0.25) is 0 Å². The van der Waals surface area contributed by atoms with Crippen LogP contribution in [0.3, 0.4) is 0 Å². The molecule has 0 heterocycles. The van der Waals surface area contributed by atoms with Gasteiger partial charge in [0.1, 0.15) is 13.2 Å². The highest BCUT2D eigenvalue weighted by Gasteiger charge is 2.19. The molecule has 0 fully saturated rings. The normalized spacial score (nSPS) is 13.1. The van der Waals surface area contributed by atoms with Gasteiger partial charge in [-0.05, 0) is 135 Å². The topological polar surface area (TPSA) is 78.9 Å². The number of carbonyl (C=O) groups excluding carboxylic acids is 3. The molecule has 0 spiro atoms.